The number of carbonyl (C=O) groups is 2. The van der Waals surface area contributed by atoms with E-state index in [-0.39, 0.29) is 17.4 Å². The Balaban J connectivity index is 2.34. The second-order valence-corrected chi connectivity index (χ2v) is 3.40. The summed E-state index contributed by atoms with van der Waals surface area (Å²) in [5, 5.41) is 0. The molecule has 5 nitrogen and oxygen atoms in total. The van der Waals surface area contributed by atoms with Crippen LogP contribution >= 0.6 is 0 Å². The molecule has 0 spiro atoms. The van der Waals surface area contributed by atoms with E-state index in [0.29, 0.717) is 12.0 Å². The van der Waals surface area contributed by atoms with Crippen LogP contribution in [0.25, 0.3) is 0 Å². The third kappa shape index (κ3) is 2.12. The zero-order chi connectivity index (χ0) is 10.8. The molecule has 5 heteroatoms. The van der Waals surface area contributed by atoms with Crippen molar-refractivity contribution in [1.29, 1.82) is 0 Å². The molecule has 1 saturated carbocycles. The van der Waals surface area contributed by atoms with Crippen molar-refractivity contribution in [2.75, 3.05) is 0 Å². The molecule has 0 atom stereocenters. The molecule has 1 aliphatic rings. The molecule has 1 fully saturated rings. The van der Waals surface area contributed by atoms with Gasteiger partial charge < -0.3 is 10.5 Å². The van der Waals surface area contributed by atoms with Crippen LogP contribution in [0.4, 0.5) is 0 Å². The van der Waals surface area contributed by atoms with E-state index in [0.717, 1.165) is 12.8 Å². The summed E-state index contributed by atoms with van der Waals surface area (Å²) in [4.78, 5) is 25.3. The molecule has 0 unspecified atom stereocenters. The average Bonchev–Trinajstić information content (AvgIpc) is 3.01. The van der Waals surface area contributed by atoms with E-state index in [2.05, 4.69) is 4.98 Å². The molecule has 1 aliphatic carbocycles. The molecule has 0 bridgehead atoms. The van der Waals surface area contributed by atoms with Crippen LogP contribution in [0.15, 0.2) is 12.3 Å². The summed E-state index contributed by atoms with van der Waals surface area (Å²) in [6, 6.07) is 1.44. The normalized spacial score (nSPS) is 14.7. The SMILES string of the molecule is NC(=O)c1cnc(C=O)cc1OC1CC1. The maximum atomic E-state index is 11.0. The number of rotatable bonds is 4. The maximum absolute atomic E-state index is 11.0. The van der Waals surface area contributed by atoms with Crippen molar-refractivity contribution in [2.45, 2.75) is 18.9 Å². The van der Waals surface area contributed by atoms with E-state index in [1.807, 2.05) is 0 Å². The highest BCUT2D eigenvalue weighted by molar-refractivity contribution is 5.95. The molecular weight excluding hydrogens is 196 g/mol. The number of pyridine rings is 1. The number of nitrogens with two attached hydrogens (primary N) is 1. The third-order valence-corrected chi connectivity index (χ3v) is 2.09. The molecule has 78 valence electrons. The van der Waals surface area contributed by atoms with Crippen molar-refractivity contribution in [3.63, 3.8) is 0 Å². The lowest BCUT2D eigenvalue weighted by Gasteiger charge is -2.08. The minimum absolute atomic E-state index is 0.144. The number of aldehydes is 1. The van der Waals surface area contributed by atoms with E-state index in [4.69, 9.17) is 10.5 Å². The lowest BCUT2D eigenvalue weighted by Crippen LogP contribution is -2.14. The van der Waals surface area contributed by atoms with Crippen LogP contribution in [-0.2, 0) is 0 Å². The van der Waals surface area contributed by atoms with Gasteiger partial charge in [0, 0.05) is 12.3 Å². The van der Waals surface area contributed by atoms with Crippen LogP contribution in [0, 0.1) is 0 Å². The number of nitrogens with zero attached hydrogens (tertiary/aromatic N) is 1. The van der Waals surface area contributed by atoms with Crippen molar-refractivity contribution in [3.8, 4) is 5.75 Å². The van der Waals surface area contributed by atoms with Crippen molar-refractivity contribution in [2.24, 2.45) is 5.73 Å². The summed E-state index contributed by atoms with van der Waals surface area (Å²) >= 11 is 0. The molecule has 0 radical (unpaired) electrons. The molecular formula is C10H10N2O3. The van der Waals surface area contributed by atoms with Crippen LogP contribution in [0.2, 0.25) is 0 Å². The molecule has 1 amide bonds. The highest BCUT2D eigenvalue weighted by Crippen LogP contribution is 2.28. The topological polar surface area (TPSA) is 82.3 Å². The van der Waals surface area contributed by atoms with Gasteiger partial charge >= 0.3 is 0 Å². The minimum Gasteiger partial charge on any atom is -0.489 e. The molecule has 0 saturated heterocycles. The fourth-order valence-corrected chi connectivity index (χ4v) is 1.16. The number of hydrogen-bond acceptors (Lipinski definition) is 4. The van der Waals surface area contributed by atoms with Gasteiger partial charge in [0.25, 0.3) is 5.91 Å². The summed E-state index contributed by atoms with van der Waals surface area (Å²) in [5.41, 5.74) is 5.60. The molecule has 0 aromatic carbocycles. The molecule has 1 aromatic rings. The monoisotopic (exact) mass is 206 g/mol. The average molecular weight is 206 g/mol. The van der Waals surface area contributed by atoms with E-state index >= 15 is 0 Å². The predicted molar refractivity (Wildman–Crippen MR) is 51.8 cm³/mol. The predicted octanol–water partition coefficient (Wildman–Crippen LogP) is 0.534. The molecule has 0 aliphatic heterocycles. The largest absolute Gasteiger partial charge is 0.489 e. The van der Waals surface area contributed by atoms with Gasteiger partial charge in [0.05, 0.1) is 11.7 Å². The molecule has 1 aromatic heterocycles. The first-order valence-corrected chi connectivity index (χ1v) is 4.62. The van der Waals surface area contributed by atoms with E-state index < -0.39 is 5.91 Å². The van der Waals surface area contributed by atoms with Crippen LogP contribution in [0.5, 0.6) is 5.75 Å². The Labute approximate surface area is 86.2 Å². The fourth-order valence-electron chi connectivity index (χ4n) is 1.16. The van der Waals surface area contributed by atoms with Crippen molar-refractivity contribution >= 4 is 12.2 Å². The van der Waals surface area contributed by atoms with Gasteiger partial charge in [-0.2, -0.15) is 0 Å². The summed E-state index contributed by atoms with van der Waals surface area (Å²) in [6.07, 6.45) is 3.95. The first kappa shape index (κ1) is 9.64. The zero-order valence-electron chi connectivity index (χ0n) is 7.97. The second-order valence-electron chi connectivity index (χ2n) is 3.40. The van der Waals surface area contributed by atoms with Crippen molar-refractivity contribution in [1.82, 2.24) is 4.98 Å². The smallest absolute Gasteiger partial charge is 0.254 e. The van der Waals surface area contributed by atoms with Crippen LogP contribution in [-0.4, -0.2) is 23.3 Å². The molecule has 15 heavy (non-hydrogen) atoms. The van der Waals surface area contributed by atoms with Crippen LogP contribution in [0.3, 0.4) is 0 Å². The van der Waals surface area contributed by atoms with E-state index in [9.17, 15) is 9.59 Å². The first-order valence-electron chi connectivity index (χ1n) is 4.62. The highest BCUT2D eigenvalue weighted by atomic mass is 16.5. The summed E-state index contributed by atoms with van der Waals surface area (Å²) in [7, 11) is 0. The van der Waals surface area contributed by atoms with Crippen molar-refractivity contribution < 1.29 is 14.3 Å². The summed E-state index contributed by atoms with van der Waals surface area (Å²) < 4.78 is 5.46. The Morgan fingerprint density at radius 1 is 1.60 bits per heavy atom. The third-order valence-electron chi connectivity index (χ3n) is 2.09. The van der Waals surface area contributed by atoms with Gasteiger partial charge in [0.15, 0.2) is 6.29 Å². The summed E-state index contributed by atoms with van der Waals surface area (Å²) in [6.45, 7) is 0. The van der Waals surface area contributed by atoms with Gasteiger partial charge in [-0.1, -0.05) is 0 Å². The Morgan fingerprint density at radius 2 is 2.33 bits per heavy atom. The van der Waals surface area contributed by atoms with Crippen molar-refractivity contribution in [3.05, 3.63) is 23.5 Å². The first-order chi connectivity index (χ1) is 7.20. The number of carbonyl (C=O) groups excluding carboxylic acids is 2. The second kappa shape index (κ2) is 3.68. The Kier molecular flexibility index (Phi) is 2.37. The standard InChI is InChI=1S/C10H10N2O3/c11-10(14)8-4-12-6(5-13)3-9(8)15-7-1-2-7/h3-5,7H,1-2H2,(H2,11,14). The summed E-state index contributed by atoms with van der Waals surface area (Å²) in [5.74, 6) is -0.252. The number of aromatic nitrogens is 1. The van der Waals surface area contributed by atoms with Gasteiger partial charge in [-0.05, 0) is 12.8 Å². The Bertz CT molecular complexity index is 413. The van der Waals surface area contributed by atoms with Crippen LogP contribution < -0.4 is 10.5 Å². The van der Waals surface area contributed by atoms with Gasteiger partial charge in [-0.25, -0.2) is 0 Å². The molecule has 1 heterocycles. The zero-order valence-corrected chi connectivity index (χ0v) is 7.97. The lowest BCUT2D eigenvalue weighted by atomic mass is 10.2. The van der Waals surface area contributed by atoms with Gasteiger partial charge in [0.1, 0.15) is 11.4 Å². The fraction of sp³-hybridized carbons (Fsp3) is 0.300. The number of primary amides is 1. The number of ether oxygens (including phenoxy) is 1. The van der Waals surface area contributed by atoms with Gasteiger partial charge in [-0.15, -0.1) is 0 Å². The van der Waals surface area contributed by atoms with Crippen LogP contribution in [0.1, 0.15) is 33.7 Å². The molecule has 2 N–H and O–H groups in total. The van der Waals surface area contributed by atoms with Gasteiger partial charge in [-0.3, -0.25) is 14.6 Å². The Hall–Kier alpha value is -1.91. The molecule has 2 rings (SSSR count). The van der Waals surface area contributed by atoms with E-state index in [1.165, 1.54) is 12.3 Å². The van der Waals surface area contributed by atoms with Gasteiger partial charge in [0.2, 0.25) is 0 Å². The lowest BCUT2D eigenvalue weighted by molar-refractivity contribution is 0.0994. The Morgan fingerprint density at radius 3 is 2.87 bits per heavy atom. The van der Waals surface area contributed by atoms with E-state index in [1.54, 1.807) is 0 Å². The maximum Gasteiger partial charge on any atom is 0.254 e. The number of amides is 1. The highest BCUT2D eigenvalue weighted by Gasteiger charge is 2.25. The quantitative estimate of drug-likeness (QED) is 0.728. The number of hydrogen-bond donors (Lipinski definition) is 1. The minimum atomic E-state index is -0.601.